The standard InChI is InChI=1S/C19H28N6O3/c1-23(2)18(26)14-21-19(20-7-5-17-4-3-12-27-17)25-10-8-24(9-11-25)15-16-6-13-28-22-16/h3-4,6,12-13H,5,7-11,14-15H2,1-2H3,(H,20,21). The van der Waals surface area contributed by atoms with Gasteiger partial charge in [0.15, 0.2) is 5.96 Å². The van der Waals surface area contributed by atoms with E-state index in [0.29, 0.717) is 6.54 Å². The Labute approximate surface area is 165 Å². The summed E-state index contributed by atoms with van der Waals surface area (Å²) < 4.78 is 10.3. The molecule has 0 unspecified atom stereocenters. The van der Waals surface area contributed by atoms with Crippen LogP contribution in [0.15, 0.2) is 44.7 Å². The van der Waals surface area contributed by atoms with Crippen molar-refractivity contribution in [2.45, 2.75) is 13.0 Å². The summed E-state index contributed by atoms with van der Waals surface area (Å²) in [6, 6.07) is 5.73. The van der Waals surface area contributed by atoms with Crippen LogP contribution in [0.3, 0.4) is 0 Å². The first-order chi connectivity index (χ1) is 13.6. The maximum atomic E-state index is 12.0. The lowest BCUT2D eigenvalue weighted by atomic mass is 10.3. The number of carbonyl (C=O) groups is 1. The van der Waals surface area contributed by atoms with Gasteiger partial charge in [0.25, 0.3) is 0 Å². The summed E-state index contributed by atoms with van der Waals surface area (Å²) in [4.78, 5) is 22.6. The van der Waals surface area contributed by atoms with Crippen molar-refractivity contribution < 1.29 is 13.7 Å². The second kappa shape index (κ2) is 9.93. The van der Waals surface area contributed by atoms with E-state index in [9.17, 15) is 4.79 Å². The molecule has 1 aliphatic rings. The molecule has 1 fully saturated rings. The van der Waals surface area contributed by atoms with Gasteiger partial charge >= 0.3 is 0 Å². The first-order valence-electron chi connectivity index (χ1n) is 9.49. The number of hydrogen-bond acceptors (Lipinski definition) is 6. The van der Waals surface area contributed by atoms with E-state index in [1.165, 1.54) is 0 Å². The third kappa shape index (κ3) is 5.85. The lowest BCUT2D eigenvalue weighted by Crippen LogP contribution is -2.52. The first-order valence-corrected chi connectivity index (χ1v) is 9.49. The Morgan fingerprint density at radius 3 is 2.71 bits per heavy atom. The zero-order valence-electron chi connectivity index (χ0n) is 16.5. The summed E-state index contributed by atoms with van der Waals surface area (Å²) in [7, 11) is 3.48. The van der Waals surface area contributed by atoms with Crippen LogP contribution in [0.5, 0.6) is 0 Å². The average Bonchev–Trinajstić information content (AvgIpc) is 3.39. The molecule has 1 amide bonds. The van der Waals surface area contributed by atoms with E-state index in [1.807, 2.05) is 18.2 Å². The molecule has 0 saturated carbocycles. The maximum Gasteiger partial charge on any atom is 0.243 e. The van der Waals surface area contributed by atoms with Crippen molar-refractivity contribution in [3.8, 4) is 0 Å². The Morgan fingerprint density at radius 1 is 1.25 bits per heavy atom. The summed E-state index contributed by atoms with van der Waals surface area (Å²) in [6.45, 7) is 5.07. The Balaban J connectivity index is 1.54. The fourth-order valence-electron chi connectivity index (χ4n) is 2.97. The fourth-order valence-corrected chi connectivity index (χ4v) is 2.97. The molecular weight excluding hydrogens is 360 g/mol. The van der Waals surface area contributed by atoms with Gasteiger partial charge in [0.1, 0.15) is 18.6 Å². The van der Waals surface area contributed by atoms with E-state index in [-0.39, 0.29) is 12.5 Å². The van der Waals surface area contributed by atoms with Gasteiger partial charge in [-0.3, -0.25) is 9.69 Å². The minimum absolute atomic E-state index is 0.0185. The third-order valence-corrected chi connectivity index (χ3v) is 4.65. The maximum absolute atomic E-state index is 12.0. The highest BCUT2D eigenvalue weighted by atomic mass is 16.5. The highest BCUT2D eigenvalue weighted by Gasteiger charge is 2.21. The molecule has 9 nitrogen and oxygen atoms in total. The predicted molar refractivity (Wildman–Crippen MR) is 105 cm³/mol. The second-order valence-corrected chi connectivity index (χ2v) is 6.94. The SMILES string of the molecule is CN(C)C(=O)CN=C(NCCc1ccco1)N1CCN(Cc2ccon2)CC1. The van der Waals surface area contributed by atoms with Gasteiger partial charge in [-0.15, -0.1) is 0 Å². The summed E-state index contributed by atoms with van der Waals surface area (Å²) in [5, 5.41) is 7.36. The van der Waals surface area contributed by atoms with E-state index in [0.717, 1.165) is 56.6 Å². The fraction of sp³-hybridized carbons (Fsp3) is 0.526. The van der Waals surface area contributed by atoms with Gasteiger partial charge in [0.05, 0.1) is 12.0 Å². The predicted octanol–water partition coefficient (Wildman–Crippen LogP) is 0.662. The van der Waals surface area contributed by atoms with Crippen LogP contribution in [0, 0.1) is 0 Å². The zero-order valence-corrected chi connectivity index (χ0v) is 16.5. The molecule has 152 valence electrons. The number of nitrogens with one attached hydrogen (secondary N) is 1. The molecule has 0 radical (unpaired) electrons. The van der Waals surface area contributed by atoms with E-state index in [4.69, 9.17) is 8.94 Å². The Bertz CT molecular complexity index is 734. The van der Waals surface area contributed by atoms with Crippen LogP contribution in [0.2, 0.25) is 0 Å². The van der Waals surface area contributed by atoms with Crippen molar-refractivity contribution in [2.75, 3.05) is 53.4 Å². The normalized spacial score (nSPS) is 15.6. The Hall–Kier alpha value is -2.81. The van der Waals surface area contributed by atoms with E-state index in [2.05, 4.69) is 25.3 Å². The number of carbonyl (C=O) groups excluding carboxylic acids is 1. The van der Waals surface area contributed by atoms with Crippen LogP contribution in [-0.4, -0.2) is 85.1 Å². The largest absolute Gasteiger partial charge is 0.469 e. The molecule has 1 aliphatic heterocycles. The number of hydrogen-bond donors (Lipinski definition) is 1. The molecule has 1 saturated heterocycles. The number of nitrogens with zero attached hydrogens (tertiary/aromatic N) is 5. The number of guanidine groups is 1. The van der Waals surface area contributed by atoms with Crippen LogP contribution in [0.25, 0.3) is 0 Å². The quantitative estimate of drug-likeness (QED) is 0.550. The third-order valence-electron chi connectivity index (χ3n) is 4.65. The summed E-state index contributed by atoms with van der Waals surface area (Å²) >= 11 is 0. The van der Waals surface area contributed by atoms with Crippen molar-refractivity contribution in [1.29, 1.82) is 0 Å². The molecule has 2 aromatic heterocycles. The van der Waals surface area contributed by atoms with Gasteiger partial charge in [-0.05, 0) is 12.1 Å². The number of rotatable bonds is 7. The average molecular weight is 388 g/mol. The van der Waals surface area contributed by atoms with E-state index < -0.39 is 0 Å². The highest BCUT2D eigenvalue weighted by Crippen LogP contribution is 2.08. The molecule has 0 aliphatic carbocycles. The van der Waals surface area contributed by atoms with Crippen molar-refractivity contribution in [2.24, 2.45) is 4.99 Å². The second-order valence-electron chi connectivity index (χ2n) is 6.94. The molecule has 0 spiro atoms. The van der Waals surface area contributed by atoms with Crippen LogP contribution >= 0.6 is 0 Å². The van der Waals surface area contributed by atoms with Gasteiger partial charge in [0.2, 0.25) is 5.91 Å². The first kappa shape index (κ1) is 19.9. The molecule has 0 aromatic carbocycles. The lowest BCUT2D eigenvalue weighted by molar-refractivity contribution is -0.127. The number of furan rings is 1. The van der Waals surface area contributed by atoms with Crippen LogP contribution in [-0.2, 0) is 17.8 Å². The number of amides is 1. The monoisotopic (exact) mass is 388 g/mol. The number of aromatic nitrogens is 1. The Morgan fingerprint density at radius 2 is 2.07 bits per heavy atom. The van der Waals surface area contributed by atoms with Crippen LogP contribution < -0.4 is 5.32 Å². The number of likely N-dealkylation sites (N-methyl/N-ethyl adjacent to an activating group) is 1. The van der Waals surface area contributed by atoms with Gasteiger partial charge in [-0.2, -0.15) is 0 Å². The van der Waals surface area contributed by atoms with Crippen molar-refractivity contribution in [1.82, 2.24) is 25.2 Å². The number of aliphatic imine (C=N–C) groups is 1. The van der Waals surface area contributed by atoms with Gasteiger partial charge in [-0.1, -0.05) is 5.16 Å². The van der Waals surface area contributed by atoms with Gasteiger partial charge in [0, 0.05) is 65.9 Å². The molecule has 3 rings (SSSR count). The van der Waals surface area contributed by atoms with E-state index >= 15 is 0 Å². The molecular formula is C19H28N6O3. The van der Waals surface area contributed by atoms with E-state index in [1.54, 1.807) is 31.5 Å². The number of piperazine rings is 1. The molecule has 0 bridgehead atoms. The van der Waals surface area contributed by atoms with Crippen molar-refractivity contribution >= 4 is 11.9 Å². The Kier molecular flexibility index (Phi) is 7.07. The lowest BCUT2D eigenvalue weighted by Gasteiger charge is -2.36. The molecule has 9 heteroatoms. The summed E-state index contributed by atoms with van der Waals surface area (Å²) in [5.41, 5.74) is 0.940. The summed E-state index contributed by atoms with van der Waals surface area (Å²) in [6.07, 6.45) is 4.04. The molecule has 2 aromatic rings. The molecule has 28 heavy (non-hydrogen) atoms. The molecule has 0 atom stereocenters. The zero-order chi connectivity index (χ0) is 19.8. The molecule has 1 N–H and O–H groups in total. The van der Waals surface area contributed by atoms with Crippen molar-refractivity contribution in [3.05, 3.63) is 42.2 Å². The topological polar surface area (TPSA) is 90.4 Å². The van der Waals surface area contributed by atoms with Gasteiger partial charge < -0.3 is 24.1 Å². The molecule has 3 heterocycles. The van der Waals surface area contributed by atoms with Crippen LogP contribution in [0.4, 0.5) is 0 Å². The highest BCUT2D eigenvalue weighted by molar-refractivity contribution is 5.84. The summed E-state index contributed by atoms with van der Waals surface area (Å²) in [5.74, 6) is 1.67. The minimum atomic E-state index is -0.0185. The minimum Gasteiger partial charge on any atom is -0.469 e. The smallest absolute Gasteiger partial charge is 0.243 e. The van der Waals surface area contributed by atoms with Crippen molar-refractivity contribution in [3.63, 3.8) is 0 Å². The van der Waals surface area contributed by atoms with Gasteiger partial charge in [-0.25, -0.2) is 4.99 Å². The van der Waals surface area contributed by atoms with Crippen LogP contribution in [0.1, 0.15) is 11.5 Å².